The van der Waals surface area contributed by atoms with Crippen LogP contribution in [0.2, 0.25) is 0 Å². The standard InChI is InChI=1S/C10H19N5/c11-9(12)14-10(13)15(5-7-1-2-7)6-8-3-4-8/h7-8H,1-6H2,(H5,11,12,13,14). The first kappa shape index (κ1) is 10.3. The lowest BCUT2D eigenvalue weighted by Crippen LogP contribution is -2.36. The number of nitrogens with one attached hydrogen (secondary N) is 1. The van der Waals surface area contributed by atoms with Crippen molar-refractivity contribution in [3.8, 4) is 0 Å². The summed E-state index contributed by atoms with van der Waals surface area (Å²) in [5.41, 5.74) is 10.6. The van der Waals surface area contributed by atoms with Gasteiger partial charge in [-0.1, -0.05) is 0 Å². The van der Waals surface area contributed by atoms with Gasteiger partial charge in [0.15, 0.2) is 5.96 Å². The molecule has 5 N–H and O–H groups in total. The van der Waals surface area contributed by atoms with Gasteiger partial charge in [0.05, 0.1) is 0 Å². The third-order valence-electron chi connectivity index (χ3n) is 2.89. The summed E-state index contributed by atoms with van der Waals surface area (Å²) in [6.07, 6.45) is 5.15. The van der Waals surface area contributed by atoms with Crippen LogP contribution < -0.4 is 11.5 Å². The number of nitrogens with zero attached hydrogens (tertiary/aromatic N) is 2. The Balaban J connectivity index is 1.89. The van der Waals surface area contributed by atoms with Gasteiger partial charge in [-0.3, -0.25) is 5.41 Å². The average Bonchev–Trinajstić information content (AvgIpc) is 2.95. The molecule has 2 aliphatic carbocycles. The molecule has 0 unspecified atom stereocenters. The third kappa shape index (κ3) is 3.42. The van der Waals surface area contributed by atoms with Gasteiger partial charge in [0, 0.05) is 13.1 Å². The van der Waals surface area contributed by atoms with Crippen LogP contribution in [0.4, 0.5) is 0 Å². The highest BCUT2D eigenvalue weighted by atomic mass is 15.3. The predicted molar refractivity (Wildman–Crippen MR) is 60.6 cm³/mol. The molecule has 5 nitrogen and oxygen atoms in total. The summed E-state index contributed by atoms with van der Waals surface area (Å²) in [7, 11) is 0. The van der Waals surface area contributed by atoms with Crippen molar-refractivity contribution >= 4 is 11.9 Å². The zero-order chi connectivity index (χ0) is 10.8. The number of rotatable bonds is 4. The van der Waals surface area contributed by atoms with E-state index in [4.69, 9.17) is 16.9 Å². The summed E-state index contributed by atoms with van der Waals surface area (Å²) in [5.74, 6) is 1.74. The Morgan fingerprint density at radius 3 is 1.93 bits per heavy atom. The minimum absolute atomic E-state index is 0.0170. The lowest BCUT2D eigenvalue weighted by Gasteiger charge is -2.22. The molecular weight excluding hydrogens is 190 g/mol. The van der Waals surface area contributed by atoms with Crippen LogP contribution in [-0.4, -0.2) is 29.9 Å². The molecular formula is C10H19N5. The molecule has 2 saturated carbocycles. The summed E-state index contributed by atoms with van der Waals surface area (Å²) in [6, 6.07) is 0. The first-order chi connectivity index (χ1) is 7.15. The smallest absolute Gasteiger partial charge is 0.221 e. The predicted octanol–water partition coefficient (Wildman–Crippen LogP) is 0.317. The molecule has 2 fully saturated rings. The van der Waals surface area contributed by atoms with E-state index in [2.05, 4.69) is 4.99 Å². The van der Waals surface area contributed by atoms with Crippen molar-refractivity contribution in [3.05, 3.63) is 0 Å². The van der Waals surface area contributed by atoms with Crippen LogP contribution in [0.15, 0.2) is 4.99 Å². The van der Waals surface area contributed by atoms with Crippen molar-refractivity contribution in [1.29, 1.82) is 5.41 Å². The van der Waals surface area contributed by atoms with Crippen LogP contribution in [0.3, 0.4) is 0 Å². The highest BCUT2D eigenvalue weighted by Gasteiger charge is 2.30. The van der Waals surface area contributed by atoms with E-state index in [1.54, 1.807) is 0 Å². The Hall–Kier alpha value is -1.26. The van der Waals surface area contributed by atoms with Gasteiger partial charge in [0.1, 0.15) is 0 Å². The number of hydrogen-bond donors (Lipinski definition) is 3. The summed E-state index contributed by atoms with van der Waals surface area (Å²) in [6.45, 7) is 1.90. The highest BCUT2D eigenvalue weighted by Crippen LogP contribution is 2.33. The topological polar surface area (TPSA) is 91.5 Å². The Labute approximate surface area is 90.0 Å². The fourth-order valence-electron chi connectivity index (χ4n) is 1.66. The molecule has 0 atom stereocenters. The van der Waals surface area contributed by atoms with Crippen molar-refractivity contribution in [1.82, 2.24) is 4.90 Å². The van der Waals surface area contributed by atoms with E-state index in [1.807, 2.05) is 4.90 Å². The second-order valence-electron chi connectivity index (χ2n) is 4.65. The van der Waals surface area contributed by atoms with Gasteiger partial charge >= 0.3 is 0 Å². The molecule has 0 spiro atoms. The second-order valence-corrected chi connectivity index (χ2v) is 4.65. The number of guanidine groups is 2. The maximum absolute atomic E-state index is 7.80. The van der Waals surface area contributed by atoms with Crippen LogP contribution >= 0.6 is 0 Å². The van der Waals surface area contributed by atoms with Crippen LogP contribution in [0, 0.1) is 17.2 Å². The molecule has 0 radical (unpaired) electrons. The third-order valence-corrected chi connectivity index (χ3v) is 2.89. The number of hydrogen-bond acceptors (Lipinski definition) is 1. The average molecular weight is 209 g/mol. The minimum Gasteiger partial charge on any atom is -0.370 e. The first-order valence-electron chi connectivity index (χ1n) is 5.58. The lowest BCUT2D eigenvalue weighted by molar-refractivity contribution is 0.377. The summed E-state index contributed by atoms with van der Waals surface area (Å²) < 4.78 is 0. The van der Waals surface area contributed by atoms with Gasteiger partial charge in [0.2, 0.25) is 5.96 Å². The molecule has 2 rings (SSSR count). The van der Waals surface area contributed by atoms with Crippen molar-refractivity contribution in [2.24, 2.45) is 28.3 Å². The summed E-state index contributed by atoms with van der Waals surface area (Å²) in [5, 5.41) is 7.80. The summed E-state index contributed by atoms with van der Waals surface area (Å²) >= 11 is 0. The van der Waals surface area contributed by atoms with Crippen molar-refractivity contribution in [3.63, 3.8) is 0 Å². The maximum Gasteiger partial charge on any atom is 0.221 e. The van der Waals surface area contributed by atoms with Gasteiger partial charge in [-0.15, -0.1) is 0 Å². The molecule has 0 saturated heterocycles. The monoisotopic (exact) mass is 209 g/mol. The molecule has 5 heteroatoms. The van der Waals surface area contributed by atoms with E-state index >= 15 is 0 Å². The van der Waals surface area contributed by atoms with E-state index in [0.717, 1.165) is 24.9 Å². The Bertz CT molecular complexity index is 260. The quantitative estimate of drug-likeness (QED) is 0.460. The van der Waals surface area contributed by atoms with Gasteiger partial charge < -0.3 is 16.4 Å². The second kappa shape index (κ2) is 4.08. The van der Waals surface area contributed by atoms with E-state index in [9.17, 15) is 0 Å². The van der Waals surface area contributed by atoms with Crippen molar-refractivity contribution in [2.45, 2.75) is 25.7 Å². The largest absolute Gasteiger partial charge is 0.370 e. The zero-order valence-electron chi connectivity index (χ0n) is 8.95. The SMILES string of the molecule is N=C(N=C(N)N)N(CC1CC1)CC1CC1. The van der Waals surface area contributed by atoms with Crippen LogP contribution in [0.1, 0.15) is 25.7 Å². The highest BCUT2D eigenvalue weighted by molar-refractivity contribution is 5.91. The van der Waals surface area contributed by atoms with E-state index < -0.39 is 0 Å². The Morgan fingerprint density at radius 1 is 1.13 bits per heavy atom. The van der Waals surface area contributed by atoms with E-state index in [1.165, 1.54) is 25.7 Å². The van der Waals surface area contributed by atoms with Crippen LogP contribution in [0.25, 0.3) is 0 Å². The van der Waals surface area contributed by atoms with E-state index in [-0.39, 0.29) is 11.9 Å². The molecule has 0 heterocycles. The van der Waals surface area contributed by atoms with Gasteiger partial charge in [-0.05, 0) is 37.5 Å². The van der Waals surface area contributed by atoms with Gasteiger partial charge in [0.25, 0.3) is 0 Å². The molecule has 0 aromatic rings. The normalized spacial score (nSPS) is 19.7. The molecule has 0 amide bonds. The molecule has 15 heavy (non-hydrogen) atoms. The maximum atomic E-state index is 7.80. The molecule has 0 bridgehead atoms. The zero-order valence-corrected chi connectivity index (χ0v) is 8.95. The fraction of sp³-hybridized carbons (Fsp3) is 0.800. The van der Waals surface area contributed by atoms with Gasteiger partial charge in [-0.25, -0.2) is 0 Å². The fourth-order valence-corrected chi connectivity index (χ4v) is 1.66. The number of nitrogens with two attached hydrogens (primary N) is 2. The molecule has 0 aliphatic heterocycles. The molecule has 0 aromatic carbocycles. The number of aliphatic imine (C=N–C) groups is 1. The van der Waals surface area contributed by atoms with Crippen molar-refractivity contribution < 1.29 is 0 Å². The molecule has 0 aromatic heterocycles. The Kier molecular flexibility index (Phi) is 2.79. The minimum atomic E-state index is -0.0170. The molecule has 84 valence electrons. The lowest BCUT2D eigenvalue weighted by atomic mass is 10.3. The first-order valence-corrected chi connectivity index (χ1v) is 5.58. The summed E-state index contributed by atoms with van der Waals surface area (Å²) in [4.78, 5) is 5.84. The van der Waals surface area contributed by atoms with Crippen LogP contribution in [0.5, 0.6) is 0 Å². The van der Waals surface area contributed by atoms with Gasteiger partial charge in [-0.2, -0.15) is 4.99 Å². The van der Waals surface area contributed by atoms with E-state index in [0.29, 0.717) is 0 Å². The van der Waals surface area contributed by atoms with Crippen molar-refractivity contribution in [2.75, 3.05) is 13.1 Å². The Morgan fingerprint density at radius 2 is 1.60 bits per heavy atom. The molecule has 2 aliphatic rings. The van der Waals surface area contributed by atoms with Crippen LogP contribution in [-0.2, 0) is 0 Å².